The topological polar surface area (TPSA) is 227 Å². The number of fused-ring (bicyclic) bond motifs is 2. The summed E-state index contributed by atoms with van der Waals surface area (Å²) in [6, 6.07) is 24.3. The van der Waals surface area contributed by atoms with Crippen molar-refractivity contribution in [3.63, 3.8) is 0 Å². The quantitative estimate of drug-likeness (QED) is 0.0976. The van der Waals surface area contributed by atoms with E-state index in [1.807, 2.05) is 0 Å². The number of ether oxygens (including phenoxy) is 2. The minimum atomic E-state index is -3.77. The van der Waals surface area contributed by atoms with E-state index in [2.05, 4.69) is 12.1 Å². The molecular formula is C40H34N4O8. The zero-order valence-corrected chi connectivity index (χ0v) is 28.3. The molecule has 0 fully saturated rings. The fourth-order valence-electron chi connectivity index (χ4n) is 7.32. The largest absolute Gasteiger partial charge is 0.479 e. The summed E-state index contributed by atoms with van der Waals surface area (Å²) >= 11 is 0. The molecule has 0 spiro atoms. The fraction of sp³-hybridized carbons (Fsp3) is 0.250. The first-order valence-electron chi connectivity index (χ1n) is 16.4. The molecule has 2 aliphatic carbocycles. The number of hydrogen-bond donors (Lipinski definition) is 4. The van der Waals surface area contributed by atoms with Crippen molar-refractivity contribution >= 4 is 23.5 Å². The third-order valence-electron chi connectivity index (χ3n) is 10.0. The number of carboxylic acid groups (broad SMARTS) is 2. The first-order valence-corrected chi connectivity index (χ1v) is 16.4. The van der Waals surface area contributed by atoms with Crippen LogP contribution in [0.3, 0.4) is 0 Å². The lowest BCUT2D eigenvalue weighted by molar-refractivity contribution is -0.254. The van der Waals surface area contributed by atoms with Crippen LogP contribution in [0.15, 0.2) is 84.9 Å². The van der Waals surface area contributed by atoms with E-state index in [-0.39, 0.29) is 59.1 Å². The van der Waals surface area contributed by atoms with Crippen LogP contribution in [-0.4, -0.2) is 44.9 Å². The number of aliphatic carboxylic acids is 2. The van der Waals surface area contributed by atoms with Crippen molar-refractivity contribution in [1.82, 2.24) is 0 Å². The highest BCUT2D eigenvalue weighted by molar-refractivity contribution is 6.29. The second-order valence-corrected chi connectivity index (χ2v) is 13.2. The van der Waals surface area contributed by atoms with Gasteiger partial charge in [-0.15, -0.1) is 0 Å². The maximum Gasteiger partial charge on any atom is 0.348 e. The van der Waals surface area contributed by atoms with Crippen molar-refractivity contribution < 1.29 is 38.9 Å². The average molecular weight is 699 g/mol. The molecule has 0 saturated carbocycles. The molecule has 262 valence electrons. The number of carbonyl (C=O) groups excluding carboxylic acids is 2. The Labute approximate surface area is 298 Å². The Kier molecular flexibility index (Phi) is 8.91. The Morgan fingerprint density at radius 2 is 0.981 bits per heavy atom. The van der Waals surface area contributed by atoms with Crippen LogP contribution < -0.4 is 11.5 Å². The van der Waals surface area contributed by atoms with Crippen LogP contribution >= 0.6 is 0 Å². The molecule has 2 aliphatic rings. The monoisotopic (exact) mass is 698 g/mol. The summed E-state index contributed by atoms with van der Waals surface area (Å²) in [5.41, 5.74) is 4.02. The molecule has 0 aliphatic heterocycles. The first-order chi connectivity index (χ1) is 24.7. The van der Waals surface area contributed by atoms with E-state index >= 15 is 9.59 Å². The molecule has 4 aromatic rings. The van der Waals surface area contributed by atoms with Gasteiger partial charge < -0.3 is 19.7 Å². The van der Waals surface area contributed by atoms with Crippen molar-refractivity contribution in [1.29, 1.82) is 10.5 Å². The number of rotatable bonds is 11. The highest BCUT2D eigenvalue weighted by atomic mass is 16.6. The maximum atomic E-state index is 15.2. The number of ketones is 2. The van der Waals surface area contributed by atoms with E-state index < -0.39 is 46.2 Å². The average Bonchev–Trinajstić information content (AvgIpc) is 3.65. The highest BCUT2D eigenvalue weighted by Gasteiger charge is 2.77. The normalized spacial score (nSPS) is 21.0. The van der Waals surface area contributed by atoms with Crippen molar-refractivity contribution in [3.05, 3.63) is 141 Å². The maximum absolute atomic E-state index is 15.2. The highest BCUT2D eigenvalue weighted by Crippen LogP contribution is 2.50. The predicted octanol–water partition coefficient (Wildman–Crippen LogP) is 4.31. The van der Waals surface area contributed by atoms with E-state index in [0.29, 0.717) is 22.3 Å². The zero-order chi connectivity index (χ0) is 37.6. The van der Waals surface area contributed by atoms with E-state index in [0.717, 1.165) is 0 Å². The summed E-state index contributed by atoms with van der Waals surface area (Å²) < 4.78 is 12.8. The lowest BCUT2D eigenvalue weighted by atomic mass is 9.71. The van der Waals surface area contributed by atoms with E-state index in [9.17, 15) is 30.3 Å². The van der Waals surface area contributed by atoms with Gasteiger partial charge >= 0.3 is 11.9 Å². The minimum Gasteiger partial charge on any atom is -0.479 e. The Bertz CT molecular complexity index is 2080. The molecule has 0 heterocycles. The molecule has 0 saturated heterocycles. The van der Waals surface area contributed by atoms with Crippen molar-refractivity contribution in [2.24, 2.45) is 11.5 Å². The Morgan fingerprint density at radius 3 is 1.29 bits per heavy atom. The van der Waals surface area contributed by atoms with Crippen molar-refractivity contribution in [3.8, 4) is 12.1 Å². The number of nitriles is 2. The third kappa shape index (κ3) is 5.37. The van der Waals surface area contributed by atoms with Gasteiger partial charge in [0.05, 0.1) is 23.3 Å². The third-order valence-corrected chi connectivity index (χ3v) is 10.0. The number of carboxylic acids is 2. The molecule has 12 nitrogen and oxygen atoms in total. The number of aryl methyl sites for hydroxylation is 2. The van der Waals surface area contributed by atoms with E-state index in [4.69, 9.17) is 20.9 Å². The Morgan fingerprint density at radius 1 is 0.635 bits per heavy atom. The summed E-state index contributed by atoms with van der Waals surface area (Å²) in [6.07, 6.45) is -0.203. The van der Waals surface area contributed by atoms with E-state index in [1.165, 1.54) is 84.9 Å². The lowest BCUT2D eigenvalue weighted by Crippen LogP contribution is -2.77. The van der Waals surface area contributed by atoms with Crippen molar-refractivity contribution in [2.75, 3.05) is 0 Å². The van der Waals surface area contributed by atoms with Gasteiger partial charge in [0.25, 0.3) is 11.2 Å². The summed E-state index contributed by atoms with van der Waals surface area (Å²) in [7, 11) is 0. The molecule has 0 aromatic heterocycles. The van der Waals surface area contributed by atoms with Crippen LogP contribution in [0.25, 0.3) is 0 Å². The lowest BCUT2D eigenvalue weighted by Gasteiger charge is -2.48. The van der Waals surface area contributed by atoms with Crippen LogP contribution in [0.1, 0.15) is 78.1 Å². The smallest absolute Gasteiger partial charge is 0.348 e. The van der Waals surface area contributed by atoms with Crippen LogP contribution in [0.5, 0.6) is 0 Å². The predicted molar refractivity (Wildman–Crippen MR) is 185 cm³/mol. The van der Waals surface area contributed by atoms with Gasteiger partial charge in [-0.05, 0) is 62.8 Å². The molecule has 52 heavy (non-hydrogen) atoms. The molecule has 0 bridgehead atoms. The van der Waals surface area contributed by atoms with Crippen LogP contribution in [-0.2, 0) is 43.4 Å². The summed E-state index contributed by atoms with van der Waals surface area (Å²) in [4.78, 5) is 58.7. The molecule has 0 amide bonds. The van der Waals surface area contributed by atoms with Gasteiger partial charge in [-0.25, -0.2) is 9.59 Å². The SMILES string of the molecule is Cc1ccc(C(=O)C(O[C@@]2(N)CCc3c(C#N)cccc32)(C(=O)O)C(O[C@@]2(N)CCc3c(C#N)cccc32)(C(=O)O)C(=O)c2ccc(C)cc2)cc1. The van der Waals surface area contributed by atoms with Gasteiger partial charge in [0.15, 0.2) is 0 Å². The van der Waals surface area contributed by atoms with E-state index in [1.54, 1.807) is 13.8 Å². The van der Waals surface area contributed by atoms with Crippen LogP contribution in [0, 0.1) is 36.5 Å². The number of benzene rings is 4. The summed E-state index contributed by atoms with van der Waals surface area (Å²) in [6.45, 7) is 3.45. The fourth-order valence-corrected chi connectivity index (χ4v) is 7.32. The summed E-state index contributed by atoms with van der Waals surface area (Å²) in [5.74, 6) is -7.29. The molecule has 4 aromatic carbocycles. The number of hydrogen-bond acceptors (Lipinski definition) is 10. The minimum absolute atomic E-state index is 0.0992. The second-order valence-electron chi connectivity index (χ2n) is 13.2. The van der Waals surface area contributed by atoms with Gasteiger partial charge in [0.1, 0.15) is 11.4 Å². The molecule has 6 N–H and O–H groups in total. The van der Waals surface area contributed by atoms with Gasteiger partial charge in [-0.2, -0.15) is 10.5 Å². The molecule has 4 atom stereocenters. The van der Waals surface area contributed by atoms with Gasteiger partial charge in [-0.3, -0.25) is 21.1 Å². The van der Waals surface area contributed by atoms with Crippen LogP contribution in [0.2, 0.25) is 0 Å². The standard InChI is InChI=1S/C40H34N4O8/c1-23-9-13-25(14-10-23)33(45)39(35(47)48,51-37(43)19-17-29-27(21-41)5-3-7-31(29)37)40(36(49)50,34(46)26-15-11-24(2)12-16-26)52-38(44)20-18-30-28(22-42)6-4-8-32(30)38/h3-16H,17-20,43-44H2,1-2H3,(H,47,48)(H,49,50)/t37-,38-,39?,40?/m0/s1. The number of Topliss-reactive ketones (excluding diaryl/α,β-unsaturated/α-hetero) is 2. The Hall–Kier alpha value is -6.02. The molecule has 12 heteroatoms. The van der Waals surface area contributed by atoms with Gasteiger partial charge in [0.2, 0.25) is 11.6 Å². The van der Waals surface area contributed by atoms with Gasteiger partial charge in [0, 0.05) is 22.3 Å². The van der Waals surface area contributed by atoms with Crippen molar-refractivity contribution in [2.45, 2.75) is 62.2 Å². The molecule has 0 radical (unpaired) electrons. The Balaban J connectivity index is 1.71. The van der Waals surface area contributed by atoms with Gasteiger partial charge in [-0.1, -0.05) is 83.9 Å². The number of nitrogens with zero attached hydrogens (tertiary/aromatic N) is 2. The summed E-state index contributed by atoms with van der Waals surface area (Å²) in [5, 5.41) is 42.6. The second kappa shape index (κ2) is 12.9. The first kappa shape index (κ1) is 35.8. The molecule has 6 rings (SSSR count). The van der Waals surface area contributed by atoms with Crippen LogP contribution in [0.4, 0.5) is 0 Å². The zero-order valence-electron chi connectivity index (χ0n) is 28.3. The molecular weight excluding hydrogens is 664 g/mol. The number of carbonyl (C=O) groups is 4. The molecule has 2 unspecified atom stereocenters. The number of nitrogens with two attached hydrogens (primary N) is 2.